The van der Waals surface area contributed by atoms with Gasteiger partial charge in [-0.1, -0.05) is 48.0 Å². The molecule has 4 atom stereocenters. The van der Waals surface area contributed by atoms with Crippen LogP contribution in [0.1, 0.15) is 21.5 Å². The molecule has 2 aromatic carbocycles. The van der Waals surface area contributed by atoms with E-state index in [4.69, 9.17) is 0 Å². The number of carbonyl (C=O) groups excluding carboxylic acids is 4. The van der Waals surface area contributed by atoms with Crippen molar-refractivity contribution in [2.75, 3.05) is 20.6 Å². The maximum absolute atomic E-state index is 13.9. The van der Waals surface area contributed by atoms with Crippen LogP contribution in [-0.2, 0) is 20.8 Å². The van der Waals surface area contributed by atoms with Gasteiger partial charge in [0, 0.05) is 32.6 Å². The Morgan fingerprint density at radius 2 is 1.62 bits per heavy atom. The lowest BCUT2D eigenvalue weighted by atomic mass is 9.75. The summed E-state index contributed by atoms with van der Waals surface area (Å²) in [6, 6.07) is 16.0. The fourth-order valence-corrected chi connectivity index (χ4v) is 5.80. The first-order valence-corrected chi connectivity index (χ1v) is 10.8. The van der Waals surface area contributed by atoms with Gasteiger partial charge in [0.25, 0.3) is 5.91 Å². The molecule has 164 valence electrons. The predicted molar refractivity (Wildman–Crippen MR) is 116 cm³/mol. The molecule has 3 heterocycles. The summed E-state index contributed by atoms with van der Waals surface area (Å²) in [7, 11) is 3.15. The number of carbonyl (C=O) groups is 4. The summed E-state index contributed by atoms with van der Waals surface area (Å²) in [6.07, 6.45) is 0.180. The molecule has 5 rings (SSSR count). The lowest BCUT2D eigenvalue weighted by Gasteiger charge is -2.48. The molecule has 7 nitrogen and oxygen atoms in total. The van der Waals surface area contributed by atoms with Crippen LogP contribution in [0.15, 0.2) is 54.6 Å². The minimum absolute atomic E-state index is 0.180. The zero-order valence-corrected chi connectivity index (χ0v) is 18.3. The number of rotatable bonds is 3. The van der Waals surface area contributed by atoms with Gasteiger partial charge < -0.3 is 9.80 Å². The fourth-order valence-electron chi connectivity index (χ4n) is 5.80. The van der Waals surface area contributed by atoms with E-state index in [2.05, 4.69) is 0 Å². The highest BCUT2D eigenvalue weighted by molar-refractivity contribution is 6.13. The number of aryl methyl sites for hydroxylation is 1. The van der Waals surface area contributed by atoms with Gasteiger partial charge in [0.1, 0.15) is 5.54 Å². The quantitative estimate of drug-likeness (QED) is 0.690. The number of fused-ring (bicyclic) bond motifs is 5. The number of likely N-dealkylation sites (N-methyl/N-ethyl adjacent to an activating group) is 1. The average Bonchev–Trinajstić information content (AvgIpc) is 3.16. The van der Waals surface area contributed by atoms with E-state index in [-0.39, 0.29) is 36.6 Å². The molecule has 0 aliphatic carbocycles. The molecule has 3 fully saturated rings. The molecule has 0 saturated carbocycles. The Hall–Kier alpha value is -3.48. The van der Waals surface area contributed by atoms with E-state index in [1.165, 1.54) is 7.05 Å². The van der Waals surface area contributed by atoms with Crippen LogP contribution in [0.5, 0.6) is 0 Å². The van der Waals surface area contributed by atoms with Crippen molar-refractivity contribution in [3.8, 4) is 0 Å². The second-order valence-corrected chi connectivity index (χ2v) is 9.12. The highest BCUT2D eigenvalue weighted by atomic mass is 16.2. The molecule has 4 amide bonds. The molecule has 32 heavy (non-hydrogen) atoms. The van der Waals surface area contributed by atoms with Gasteiger partial charge in [0.15, 0.2) is 0 Å². The predicted octanol–water partition coefficient (Wildman–Crippen LogP) is 1.50. The molecule has 3 saturated heterocycles. The number of benzene rings is 2. The molecule has 2 aromatic rings. The van der Waals surface area contributed by atoms with Gasteiger partial charge in [-0.25, -0.2) is 0 Å². The van der Waals surface area contributed by atoms with Crippen LogP contribution in [0, 0.1) is 18.8 Å². The highest BCUT2D eigenvalue weighted by Crippen LogP contribution is 2.53. The van der Waals surface area contributed by atoms with E-state index < -0.39 is 23.4 Å². The summed E-state index contributed by atoms with van der Waals surface area (Å²) < 4.78 is 0. The molecule has 0 N–H and O–H groups in total. The van der Waals surface area contributed by atoms with E-state index in [1.807, 2.05) is 49.4 Å². The van der Waals surface area contributed by atoms with Crippen molar-refractivity contribution in [3.05, 3.63) is 71.3 Å². The van der Waals surface area contributed by atoms with Crippen molar-refractivity contribution in [2.24, 2.45) is 11.8 Å². The van der Waals surface area contributed by atoms with Crippen LogP contribution in [-0.4, -0.2) is 70.5 Å². The Kier molecular flexibility index (Phi) is 4.48. The number of amides is 4. The van der Waals surface area contributed by atoms with Crippen molar-refractivity contribution in [1.29, 1.82) is 0 Å². The third kappa shape index (κ3) is 2.60. The number of hydrogen-bond acceptors (Lipinski definition) is 4. The van der Waals surface area contributed by atoms with E-state index in [0.717, 1.165) is 16.0 Å². The molecule has 0 radical (unpaired) electrons. The molecule has 0 spiro atoms. The Morgan fingerprint density at radius 1 is 0.969 bits per heavy atom. The van der Waals surface area contributed by atoms with Crippen LogP contribution < -0.4 is 0 Å². The topological polar surface area (TPSA) is 78.0 Å². The highest BCUT2D eigenvalue weighted by Gasteiger charge is 2.74. The van der Waals surface area contributed by atoms with Crippen LogP contribution in [0.4, 0.5) is 0 Å². The average molecular weight is 431 g/mol. The number of hydrogen-bond donors (Lipinski definition) is 0. The minimum Gasteiger partial charge on any atom is -0.342 e. The summed E-state index contributed by atoms with van der Waals surface area (Å²) in [4.78, 5) is 58.5. The van der Waals surface area contributed by atoms with Crippen molar-refractivity contribution in [2.45, 2.75) is 24.9 Å². The van der Waals surface area contributed by atoms with Crippen LogP contribution in [0.3, 0.4) is 0 Å². The standard InChI is InChI=1S/C25H25N3O4/c1-15-9-11-17(12-10-15)21(29)28-18-14-26(2)24(32)25(28,13-16-7-5-4-6-8-16)20-19(18)22(30)27(3)23(20)31/h4-12,18-20H,13-14H2,1-3H3/t18?,19?,20?,25-/m1/s1. The van der Waals surface area contributed by atoms with Crippen LogP contribution in [0.2, 0.25) is 0 Å². The smallest absolute Gasteiger partial charge is 0.255 e. The van der Waals surface area contributed by atoms with Gasteiger partial charge >= 0.3 is 0 Å². The monoisotopic (exact) mass is 431 g/mol. The zero-order chi connectivity index (χ0) is 22.8. The normalized spacial score (nSPS) is 29.0. The number of imide groups is 1. The molecule has 0 aromatic heterocycles. The third-order valence-electron chi connectivity index (χ3n) is 7.27. The van der Waals surface area contributed by atoms with E-state index in [9.17, 15) is 19.2 Å². The van der Waals surface area contributed by atoms with Crippen molar-refractivity contribution >= 4 is 23.6 Å². The summed E-state index contributed by atoms with van der Waals surface area (Å²) in [5.74, 6) is -2.92. The summed E-state index contributed by atoms with van der Waals surface area (Å²) in [5, 5.41) is 0. The molecule has 3 aliphatic rings. The van der Waals surface area contributed by atoms with Crippen molar-refractivity contribution in [1.82, 2.24) is 14.7 Å². The van der Waals surface area contributed by atoms with Gasteiger partial charge in [-0.2, -0.15) is 0 Å². The molecular formula is C25H25N3O4. The third-order valence-corrected chi connectivity index (χ3v) is 7.27. The van der Waals surface area contributed by atoms with Gasteiger partial charge in [0.2, 0.25) is 17.7 Å². The van der Waals surface area contributed by atoms with Gasteiger partial charge in [-0.05, 0) is 24.6 Å². The first-order valence-electron chi connectivity index (χ1n) is 10.8. The largest absolute Gasteiger partial charge is 0.342 e. The second kappa shape index (κ2) is 7.02. The van der Waals surface area contributed by atoms with Crippen LogP contribution in [0.25, 0.3) is 0 Å². The lowest BCUT2D eigenvalue weighted by Crippen LogP contribution is -2.69. The summed E-state index contributed by atoms with van der Waals surface area (Å²) in [5.41, 5.74) is 0.862. The van der Waals surface area contributed by atoms with E-state index in [1.54, 1.807) is 29.0 Å². The number of piperazine rings is 1. The van der Waals surface area contributed by atoms with Gasteiger partial charge in [0.05, 0.1) is 17.9 Å². The molecule has 7 heteroatoms. The maximum Gasteiger partial charge on any atom is 0.255 e. The number of likely N-dealkylation sites (tertiary alicyclic amines) is 2. The zero-order valence-electron chi connectivity index (χ0n) is 18.3. The maximum atomic E-state index is 13.9. The summed E-state index contributed by atoms with van der Waals surface area (Å²) in [6.45, 7) is 2.16. The molecule has 2 bridgehead atoms. The number of nitrogens with zero attached hydrogens (tertiary/aromatic N) is 3. The summed E-state index contributed by atoms with van der Waals surface area (Å²) >= 11 is 0. The van der Waals surface area contributed by atoms with Crippen molar-refractivity contribution < 1.29 is 19.2 Å². The lowest BCUT2D eigenvalue weighted by molar-refractivity contribution is -0.154. The van der Waals surface area contributed by atoms with Crippen LogP contribution >= 0.6 is 0 Å². The SMILES string of the molecule is Cc1ccc(C(=O)N2C3CN(C)C(=O)[C@@]2(Cc2ccccc2)C2C(=O)N(C)C(=O)C32)cc1. The minimum atomic E-state index is -1.44. The van der Waals surface area contributed by atoms with Crippen molar-refractivity contribution in [3.63, 3.8) is 0 Å². The second-order valence-electron chi connectivity index (χ2n) is 9.12. The fraction of sp³-hybridized carbons (Fsp3) is 0.360. The van der Waals surface area contributed by atoms with Gasteiger partial charge in [-0.3, -0.25) is 24.1 Å². The Morgan fingerprint density at radius 3 is 2.28 bits per heavy atom. The molecule has 3 unspecified atom stereocenters. The molecular weight excluding hydrogens is 406 g/mol. The van der Waals surface area contributed by atoms with Gasteiger partial charge in [-0.15, -0.1) is 0 Å². The van der Waals surface area contributed by atoms with E-state index in [0.29, 0.717) is 5.56 Å². The molecule has 3 aliphatic heterocycles. The Balaban J connectivity index is 1.72. The Bertz CT molecular complexity index is 1130. The van der Waals surface area contributed by atoms with E-state index >= 15 is 0 Å². The first-order chi connectivity index (χ1) is 15.3. The first kappa shape index (κ1) is 20.4. The Labute approximate surface area is 186 Å².